The predicted octanol–water partition coefficient (Wildman–Crippen LogP) is 1.53. The zero-order valence-electron chi connectivity index (χ0n) is 11.4. The fourth-order valence-corrected chi connectivity index (χ4v) is 0.714. The minimum Gasteiger partial charge on any atom is -0.466 e. The minimum absolute atomic E-state index is 0.0601. The van der Waals surface area contributed by atoms with Gasteiger partial charge in [0.05, 0.1) is 19.1 Å². The van der Waals surface area contributed by atoms with Gasteiger partial charge in [-0.05, 0) is 27.2 Å². The zero-order chi connectivity index (χ0) is 13.8. The van der Waals surface area contributed by atoms with E-state index >= 15 is 0 Å². The maximum atomic E-state index is 10.8. The summed E-state index contributed by atoms with van der Waals surface area (Å²) in [7, 11) is 0. The third-order valence-electron chi connectivity index (χ3n) is 1.93. The molecule has 0 spiro atoms. The van der Waals surface area contributed by atoms with Crippen LogP contribution < -0.4 is 0 Å². The van der Waals surface area contributed by atoms with E-state index < -0.39 is 12.1 Å². The number of carbonyl (C=O) groups is 2. The van der Waals surface area contributed by atoms with Gasteiger partial charge in [0, 0.05) is 0 Å². The summed E-state index contributed by atoms with van der Waals surface area (Å²) in [5.74, 6) is -0.586. The SMILES string of the molecule is CCOC(=O)C(C)CC.CCOC(=O)C(C)O. The van der Waals surface area contributed by atoms with Crippen LogP contribution in [0, 0.1) is 5.92 Å². The van der Waals surface area contributed by atoms with Crippen LogP contribution in [0.5, 0.6) is 0 Å². The average Bonchev–Trinajstić information content (AvgIpc) is 2.29. The van der Waals surface area contributed by atoms with Crippen molar-refractivity contribution in [3.63, 3.8) is 0 Å². The number of aliphatic hydroxyl groups is 1. The molecule has 0 saturated carbocycles. The van der Waals surface area contributed by atoms with Crippen LogP contribution in [0.3, 0.4) is 0 Å². The summed E-state index contributed by atoms with van der Waals surface area (Å²) < 4.78 is 9.17. The Morgan fingerprint density at radius 3 is 1.65 bits per heavy atom. The van der Waals surface area contributed by atoms with E-state index in [9.17, 15) is 9.59 Å². The van der Waals surface area contributed by atoms with Crippen molar-refractivity contribution in [2.45, 2.75) is 47.1 Å². The number of aliphatic hydroxyl groups excluding tert-OH is 1. The number of hydrogen-bond donors (Lipinski definition) is 1. The van der Waals surface area contributed by atoms with Gasteiger partial charge in [-0.15, -0.1) is 0 Å². The first-order valence-corrected chi connectivity index (χ1v) is 5.91. The van der Waals surface area contributed by atoms with E-state index in [1.165, 1.54) is 6.92 Å². The molecule has 0 aromatic carbocycles. The topological polar surface area (TPSA) is 72.8 Å². The highest BCUT2D eigenvalue weighted by atomic mass is 16.5. The number of rotatable bonds is 5. The molecule has 0 amide bonds. The van der Waals surface area contributed by atoms with Crippen molar-refractivity contribution in [1.29, 1.82) is 0 Å². The maximum Gasteiger partial charge on any atom is 0.334 e. The smallest absolute Gasteiger partial charge is 0.334 e. The summed E-state index contributed by atoms with van der Waals surface area (Å²) in [5, 5.41) is 8.48. The third kappa shape index (κ3) is 11.2. The van der Waals surface area contributed by atoms with Crippen LogP contribution in [-0.4, -0.2) is 36.4 Å². The number of esters is 2. The van der Waals surface area contributed by atoms with Gasteiger partial charge < -0.3 is 14.6 Å². The lowest BCUT2D eigenvalue weighted by Crippen LogP contribution is -2.18. The highest BCUT2D eigenvalue weighted by molar-refractivity contribution is 5.73. The van der Waals surface area contributed by atoms with Gasteiger partial charge in [0.1, 0.15) is 6.10 Å². The van der Waals surface area contributed by atoms with Crippen LogP contribution in [0.2, 0.25) is 0 Å². The number of ether oxygens (including phenoxy) is 2. The first kappa shape index (κ1) is 18.3. The largest absolute Gasteiger partial charge is 0.466 e. The van der Waals surface area contributed by atoms with Gasteiger partial charge in [-0.1, -0.05) is 13.8 Å². The lowest BCUT2D eigenvalue weighted by atomic mass is 10.1. The van der Waals surface area contributed by atoms with E-state index in [1.54, 1.807) is 6.92 Å². The minimum atomic E-state index is -0.991. The van der Waals surface area contributed by atoms with Crippen LogP contribution in [0.4, 0.5) is 0 Å². The molecule has 0 rings (SSSR count). The molecule has 17 heavy (non-hydrogen) atoms. The molecule has 0 aromatic heterocycles. The lowest BCUT2D eigenvalue weighted by Gasteiger charge is -2.05. The quantitative estimate of drug-likeness (QED) is 0.747. The van der Waals surface area contributed by atoms with Gasteiger partial charge in [0.2, 0.25) is 0 Å². The normalized spacial score (nSPS) is 12.8. The summed E-state index contributed by atoms with van der Waals surface area (Å²) in [6.45, 7) is 9.55. The molecule has 0 aliphatic rings. The highest BCUT2D eigenvalue weighted by Gasteiger charge is 2.09. The summed E-state index contributed by atoms with van der Waals surface area (Å²) in [6, 6.07) is 0. The Morgan fingerprint density at radius 1 is 1.00 bits per heavy atom. The van der Waals surface area contributed by atoms with Gasteiger partial charge in [0.15, 0.2) is 0 Å². The van der Waals surface area contributed by atoms with Crippen molar-refractivity contribution < 1.29 is 24.2 Å². The molecule has 102 valence electrons. The molecular weight excluding hydrogens is 224 g/mol. The third-order valence-corrected chi connectivity index (χ3v) is 1.93. The Hall–Kier alpha value is -1.10. The van der Waals surface area contributed by atoms with Crippen LogP contribution >= 0.6 is 0 Å². The Morgan fingerprint density at radius 2 is 1.41 bits per heavy atom. The first-order valence-electron chi connectivity index (χ1n) is 5.91. The molecule has 0 radical (unpaired) electrons. The molecule has 0 bridgehead atoms. The van der Waals surface area contributed by atoms with E-state index in [0.717, 1.165) is 6.42 Å². The molecule has 0 aromatic rings. The van der Waals surface area contributed by atoms with Crippen molar-refractivity contribution in [2.24, 2.45) is 5.92 Å². The molecule has 0 aliphatic heterocycles. The Labute approximate surface area is 103 Å². The Kier molecular flexibility index (Phi) is 12.2. The summed E-state index contributed by atoms with van der Waals surface area (Å²) >= 11 is 0. The second-order valence-electron chi connectivity index (χ2n) is 3.49. The standard InChI is InChI=1S/C7H14O2.C5H10O3/c1-4-6(3)7(8)9-5-2;1-3-8-5(7)4(2)6/h6H,4-5H2,1-3H3;4,6H,3H2,1-2H3. The molecule has 0 saturated heterocycles. The molecule has 0 heterocycles. The van der Waals surface area contributed by atoms with Crippen molar-refractivity contribution >= 4 is 11.9 Å². The van der Waals surface area contributed by atoms with E-state index in [0.29, 0.717) is 13.2 Å². The van der Waals surface area contributed by atoms with Gasteiger partial charge >= 0.3 is 11.9 Å². The summed E-state index contributed by atoms with van der Waals surface area (Å²) in [4.78, 5) is 21.0. The van der Waals surface area contributed by atoms with E-state index in [1.807, 2.05) is 20.8 Å². The maximum absolute atomic E-state index is 10.8. The van der Waals surface area contributed by atoms with Crippen LogP contribution in [0.15, 0.2) is 0 Å². The number of hydrogen-bond acceptors (Lipinski definition) is 5. The number of carbonyl (C=O) groups excluding carboxylic acids is 2. The van der Waals surface area contributed by atoms with Crippen molar-refractivity contribution in [1.82, 2.24) is 0 Å². The van der Waals surface area contributed by atoms with Crippen LogP contribution in [0.25, 0.3) is 0 Å². The van der Waals surface area contributed by atoms with Crippen molar-refractivity contribution in [3.8, 4) is 0 Å². The fourth-order valence-electron chi connectivity index (χ4n) is 0.714. The van der Waals surface area contributed by atoms with E-state index in [4.69, 9.17) is 9.84 Å². The molecule has 5 heteroatoms. The van der Waals surface area contributed by atoms with Gasteiger partial charge in [0.25, 0.3) is 0 Å². The van der Waals surface area contributed by atoms with Crippen molar-refractivity contribution in [2.75, 3.05) is 13.2 Å². The monoisotopic (exact) mass is 248 g/mol. The molecule has 2 unspecified atom stereocenters. The predicted molar refractivity (Wildman–Crippen MR) is 64.4 cm³/mol. The van der Waals surface area contributed by atoms with Crippen LogP contribution in [0.1, 0.15) is 41.0 Å². The molecule has 5 nitrogen and oxygen atoms in total. The van der Waals surface area contributed by atoms with Gasteiger partial charge in [-0.25, -0.2) is 4.79 Å². The van der Waals surface area contributed by atoms with Crippen LogP contribution in [-0.2, 0) is 19.1 Å². The van der Waals surface area contributed by atoms with Gasteiger partial charge in [-0.3, -0.25) is 4.79 Å². The highest BCUT2D eigenvalue weighted by Crippen LogP contribution is 2.01. The molecule has 2 atom stereocenters. The molecule has 0 aliphatic carbocycles. The van der Waals surface area contributed by atoms with E-state index in [2.05, 4.69) is 4.74 Å². The second kappa shape index (κ2) is 11.4. The Bertz CT molecular complexity index is 213. The van der Waals surface area contributed by atoms with Gasteiger partial charge in [-0.2, -0.15) is 0 Å². The molecule has 0 fully saturated rings. The Balaban J connectivity index is 0. The second-order valence-corrected chi connectivity index (χ2v) is 3.49. The lowest BCUT2D eigenvalue weighted by molar-refractivity contribution is -0.152. The first-order chi connectivity index (χ1) is 7.90. The zero-order valence-corrected chi connectivity index (χ0v) is 11.4. The van der Waals surface area contributed by atoms with Crippen molar-refractivity contribution in [3.05, 3.63) is 0 Å². The summed E-state index contributed by atoms with van der Waals surface area (Å²) in [6.07, 6.45) is -0.131. The summed E-state index contributed by atoms with van der Waals surface area (Å²) in [5.41, 5.74) is 0. The average molecular weight is 248 g/mol. The molecular formula is C12H24O5. The van der Waals surface area contributed by atoms with E-state index in [-0.39, 0.29) is 11.9 Å². The molecule has 1 N–H and O–H groups in total. The fraction of sp³-hybridized carbons (Fsp3) is 0.833.